The van der Waals surface area contributed by atoms with Gasteiger partial charge in [0.2, 0.25) is 5.91 Å². The Morgan fingerprint density at radius 3 is 2.35 bits per heavy atom. The summed E-state index contributed by atoms with van der Waals surface area (Å²) >= 11 is 0. The molecule has 0 saturated heterocycles. The molecular formula is C24H35N5O2. The number of hydrogen-bond donors (Lipinski definition) is 2. The molecular weight excluding hydrogens is 390 g/mol. The minimum absolute atomic E-state index is 0.0327. The van der Waals surface area contributed by atoms with Crippen LogP contribution in [0, 0.1) is 0 Å². The highest BCUT2D eigenvalue weighted by molar-refractivity contribution is 5.84. The van der Waals surface area contributed by atoms with Crippen LogP contribution < -0.4 is 20.3 Å². The van der Waals surface area contributed by atoms with Crippen LogP contribution in [-0.2, 0) is 11.2 Å². The van der Waals surface area contributed by atoms with Gasteiger partial charge in [-0.05, 0) is 36.6 Å². The van der Waals surface area contributed by atoms with E-state index in [0.717, 1.165) is 37.2 Å². The number of methoxy groups -OCH3 is 1. The van der Waals surface area contributed by atoms with Crippen molar-refractivity contribution in [3.63, 3.8) is 0 Å². The second-order valence-corrected chi connectivity index (χ2v) is 7.48. The summed E-state index contributed by atoms with van der Waals surface area (Å²) in [7, 11) is 7.24. The molecule has 2 rings (SSSR count). The maximum Gasteiger partial charge on any atom is 0.243 e. The normalized spacial score (nSPS) is 11.0. The molecule has 31 heavy (non-hydrogen) atoms. The monoisotopic (exact) mass is 425 g/mol. The van der Waals surface area contributed by atoms with Gasteiger partial charge in [-0.3, -0.25) is 4.79 Å². The number of nitrogens with one attached hydrogen (secondary N) is 2. The standard InChI is InChI=1S/C24H35N5O2/c1-28(2)23(30)19-27-24(26-17-15-20-11-8-9-14-22(20)31-4)25-16-10-18-29(3)21-12-6-5-7-13-21/h5-9,11-14H,10,15-19H2,1-4H3,(H2,25,26,27). The quantitative estimate of drug-likeness (QED) is 0.329. The molecule has 2 aromatic carbocycles. The summed E-state index contributed by atoms with van der Waals surface area (Å²) in [5.41, 5.74) is 2.33. The molecule has 0 heterocycles. The highest BCUT2D eigenvalue weighted by Gasteiger charge is 2.06. The molecule has 1 amide bonds. The van der Waals surface area contributed by atoms with Gasteiger partial charge >= 0.3 is 0 Å². The number of hydrogen-bond acceptors (Lipinski definition) is 4. The number of anilines is 1. The van der Waals surface area contributed by atoms with Gasteiger partial charge in [-0.1, -0.05) is 36.4 Å². The van der Waals surface area contributed by atoms with Crippen LogP contribution in [0.1, 0.15) is 12.0 Å². The van der Waals surface area contributed by atoms with Crippen molar-refractivity contribution in [2.24, 2.45) is 4.99 Å². The SMILES string of the molecule is COc1ccccc1CCNC(=NCC(=O)N(C)C)NCCCN(C)c1ccccc1. The van der Waals surface area contributed by atoms with Gasteiger partial charge in [0.1, 0.15) is 12.3 Å². The van der Waals surface area contributed by atoms with Gasteiger partial charge < -0.3 is 25.2 Å². The van der Waals surface area contributed by atoms with Crippen molar-refractivity contribution < 1.29 is 9.53 Å². The molecule has 0 radical (unpaired) electrons. The highest BCUT2D eigenvalue weighted by Crippen LogP contribution is 2.17. The number of carbonyl (C=O) groups excluding carboxylic acids is 1. The van der Waals surface area contributed by atoms with Crippen molar-refractivity contribution in [2.45, 2.75) is 12.8 Å². The fourth-order valence-electron chi connectivity index (χ4n) is 3.02. The topological polar surface area (TPSA) is 69.2 Å². The van der Waals surface area contributed by atoms with Crippen molar-refractivity contribution in [1.82, 2.24) is 15.5 Å². The molecule has 7 nitrogen and oxygen atoms in total. The van der Waals surface area contributed by atoms with Crippen LogP contribution in [0.2, 0.25) is 0 Å². The first kappa shape index (κ1) is 24.1. The van der Waals surface area contributed by atoms with Crippen LogP contribution in [0.4, 0.5) is 5.69 Å². The van der Waals surface area contributed by atoms with E-state index in [1.807, 2.05) is 36.4 Å². The van der Waals surface area contributed by atoms with Crippen LogP contribution in [0.15, 0.2) is 59.6 Å². The lowest BCUT2D eigenvalue weighted by Crippen LogP contribution is -2.40. The number of ether oxygens (including phenoxy) is 1. The van der Waals surface area contributed by atoms with E-state index < -0.39 is 0 Å². The van der Waals surface area contributed by atoms with E-state index in [4.69, 9.17) is 4.74 Å². The van der Waals surface area contributed by atoms with Crippen LogP contribution in [0.25, 0.3) is 0 Å². The maximum atomic E-state index is 11.9. The summed E-state index contributed by atoms with van der Waals surface area (Å²) in [5, 5.41) is 6.68. The smallest absolute Gasteiger partial charge is 0.243 e. The molecule has 0 aromatic heterocycles. The van der Waals surface area contributed by atoms with Gasteiger partial charge in [0.15, 0.2) is 5.96 Å². The Labute approximate surface area is 186 Å². The van der Waals surface area contributed by atoms with Crippen molar-refractivity contribution >= 4 is 17.6 Å². The lowest BCUT2D eigenvalue weighted by molar-refractivity contribution is -0.127. The van der Waals surface area contributed by atoms with E-state index in [9.17, 15) is 4.79 Å². The Morgan fingerprint density at radius 2 is 1.65 bits per heavy atom. The number of aliphatic imine (C=N–C) groups is 1. The fourth-order valence-corrected chi connectivity index (χ4v) is 3.02. The molecule has 0 bridgehead atoms. The third-order valence-corrected chi connectivity index (χ3v) is 4.91. The molecule has 0 aliphatic rings. The van der Waals surface area contributed by atoms with E-state index in [1.54, 1.807) is 26.1 Å². The first-order valence-electron chi connectivity index (χ1n) is 10.6. The van der Waals surface area contributed by atoms with Crippen molar-refractivity contribution in [3.8, 4) is 5.75 Å². The molecule has 0 aliphatic heterocycles. The van der Waals surface area contributed by atoms with Gasteiger partial charge in [-0.15, -0.1) is 0 Å². The molecule has 0 atom stereocenters. The third-order valence-electron chi connectivity index (χ3n) is 4.91. The Balaban J connectivity index is 1.85. The molecule has 0 spiro atoms. The Morgan fingerprint density at radius 1 is 0.968 bits per heavy atom. The number of guanidine groups is 1. The zero-order valence-corrected chi connectivity index (χ0v) is 19.1. The predicted octanol–water partition coefficient (Wildman–Crippen LogP) is 2.39. The van der Waals surface area contributed by atoms with E-state index in [0.29, 0.717) is 12.5 Å². The number of nitrogens with zero attached hydrogens (tertiary/aromatic N) is 3. The second-order valence-electron chi connectivity index (χ2n) is 7.48. The molecule has 2 N–H and O–H groups in total. The van der Waals surface area contributed by atoms with Gasteiger partial charge in [0, 0.05) is 46.5 Å². The van der Waals surface area contributed by atoms with E-state index >= 15 is 0 Å². The largest absolute Gasteiger partial charge is 0.496 e. The maximum absolute atomic E-state index is 11.9. The summed E-state index contributed by atoms with van der Waals surface area (Å²) in [5.74, 6) is 1.49. The van der Waals surface area contributed by atoms with Crippen molar-refractivity contribution in [2.75, 3.05) is 59.3 Å². The lowest BCUT2D eigenvalue weighted by Gasteiger charge is -2.20. The molecule has 168 valence electrons. The Kier molecular flexibility index (Phi) is 10.2. The van der Waals surface area contributed by atoms with E-state index in [2.05, 4.69) is 45.8 Å². The molecule has 0 saturated carbocycles. The molecule has 0 unspecified atom stereocenters. The van der Waals surface area contributed by atoms with Crippen LogP contribution in [0.3, 0.4) is 0 Å². The van der Waals surface area contributed by atoms with Crippen LogP contribution in [-0.4, -0.2) is 71.2 Å². The molecule has 0 fully saturated rings. The van der Waals surface area contributed by atoms with E-state index in [1.165, 1.54) is 5.69 Å². The van der Waals surface area contributed by atoms with Crippen molar-refractivity contribution in [3.05, 3.63) is 60.2 Å². The minimum atomic E-state index is -0.0327. The van der Waals surface area contributed by atoms with Crippen molar-refractivity contribution in [1.29, 1.82) is 0 Å². The molecule has 7 heteroatoms. The molecule has 2 aromatic rings. The Bertz CT molecular complexity index is 824. The summed E-state index contributed by atoms with van der Waals surface area (Å²) in [6, 6.07) is 18.3. The minimum Gasteiger partial charge on any atom is -0.496 e. The zero-order valence-electron chi connectivity index (χ0n) is 19.1. The number of carbonyl (C=O) groups is 1. The zero-order chi connectivity index (χ0) is 22.5. The number of benzene rings is 2. The molecule has 0 aliphatic carbocycles. The number of rotatable bonds is 11. The number of likely N-dealkylation sites (N-methyl/N-ethyl adjacent to an activating group) is 1. The first-order valence-corrected chi connectivity index (χ1v) is 10.6. The highest BCUT2D eigenvalue weighted by atomic mass is 16.5. The number of para-hydroxylation sites is 2. The average molecular weight is 426 g/mol. The number of amides is 1. The fraction of sp³-hybridized carbons (Fsp3) is 0.417. The summed E-state index contributed by atoms with van der Waals surface area (Å²) in [4.78, 5) is 20.2. The van der Waals surface area contributed by atoms with Crippen LogP contribution >= 0.6 is 0 Å². The second kappa shape index (κ2) is 13.2. The third kappa shape index (κ3) is 8.58. The van der Waals surface area contributed by atoms with Gasteiger partial charge in [-0.2, -0.15) is 0 Å². The van der Waals surface area contributed by atoms with Crippen LogP contribution in [0.5, 0.6) is 5.75 Å². The van der Waals surface area contributed by atoms with E-state index in [-0.39, 0.29) is 12.5 Å². The lowest BCUT2D eigenvalue weighted by atomic mass is 10.1. The first-order chi connectivity index (χ1) is 15.0. The average Bonchev–Trinajstić information content (AvgIpc) is 2.80. The Hall–Kier alpha value is -3.22. The summed E-state index contributed by atoms with van der Waals surface area (Å²) in [6.45, 7) is 2.48. The van der Waals surface area contributed by atoms with Gasteiger partial charge in [0.25, 0.3) is 0 Å². The predicted molar refractivity (Wildman–Crippen MR) is 128 cm³/mol. The summed E-state index contributed by atoms with van der Waals surface area (Å²) < 4.78 is 5.42. The van der Waals surface area contributed by atoms with Gasteiger partial charge in [0.05, 0.1) is 7.11 Å². The van der Waals surface area contributed by atoms with Gasteiger partial charge in [-0.25, -0.2) is 4.99 Å². The summed E-state index contributed by atoms with van der Waals surface area (Å²) in [6.07, 6.45) is 1.74.